The highest BCUT2D eigenvalue weighted by Gasteiger charge is 2.03. The normalized spacial score (nSPS) is 9.93. The van der Waals surface area contributed by atoms with Gasteiger partial charge >= 0.3 is 0 Å². The zero-order chi connectivity index (χ0) is 11.3. The first-order chi connectivity index (χ1) is 7.11. The minimum Gasteiger partial charge on any atom is -0.508 e. The number of unbranched alkanes of at least 4 members (excludes halogenated alkanes) is 1. The van der Waals surface area contributed by atoms with Crippen molar-refractivity contribution in [1.29, 1.82) is 0 Å². The summed E-state index contributed by atoms with van der Waals surface area (Å²) < 4.78 is 0. The summed E-state index contributed by atoms with van der Waals surface area (Å²) >= 11 is 0. The molecule has 1 aromatic rings. The van der Waals surface area contributed by atoms with Crippen molar-refractivity contribution in [2.24, 2.45) is 0 Å². The summed E-state index contributed by atoms with van der Waals surface area (Å²) in [5.74, 6) is -0.247. The van der Waals surface area contributed by atoms with Crippen molar-refractivity contribution in [1.82, 2.24) is 0 Å². The standard InChI is InChI=1S/C11H15NO3/c1-2-3-4-11(15)12-8-5-9(13)7-10(14)6-8/h5-7,13-14H,2-4H2,1H3,(H,12,15). The molecule has 0 saturated heterocycles. The number of hydrogen-bond acceptors (Lipinski definition) is 3. The van der Waals surface area contributed by atoms with E-state index in [1.165, 1.54) is 18.2 Å². The number of phenols is 2. The Kier molecular flexibility index (Phi) is 3.97. The van der Waals surface area contributed by atoms with Gasteiger partial charge < -0.3 is 15.5 Å². The maximum Gasteiger partial charge on any atom is 0.224 e. The number of amides is 1. The molecular weight excluding hydrogens is 194 g/mol. The van der Waals surface area contributed by atoms with Crippen molar-refractivity contribution in [2.45, 2.75) is 26.2 Å². The van der Waals surface area contributed by atoms with Gasteiger partial charge in [-0.05, 0) is 6.42 Å². The third kappa shape index (κ3) is 3.89. The molecule has 3 N–H and O–H groups in total. The second kappa shape index (κ2) is 5.24. The molecule has 1 aromatic carbocycles. The fraction of sp³-hybridized carbons (Fsp3) is 0.364. The van der Waals surface area contributed by atoms with Crippen LogP contribution in [0.25, 0.3) is 0 Å². The Bertz CT molecular complexity index is 329. The smallest absolute Gasteiger partial charge is 0.224 e. The SMILES string of the molecule is CCCCC(=O)Nc1cc(O)cc(O)c1. The van der Waals surface area contributed by atoms with Gasteiger partial charge in [0.25, 0.3) is 0 Å². The average molecular weight is 209 g/mol. The van der Waals surface area contributed by atoms with Crippen LogP contribution in [0.5, 0.6) is 11.5 Å². The van der Waals surface area contributed by atoms with Gasteiger partial charge in [0, 0.05) is 30.3 Å². The van der Waals surface area contributed by atoms with Crippen LogP contribution in [0.1, 0.15) is 26.2 Å². The van der Waals surface area contributed by atoms with Gasteiger partial charge in [0.1, 0.15) is 11.5 Å². The van der Waals surface area contributed by atoms with Crippen molar-refractivity contribution in [3.05, 3.63) is 18.2 Å². The first kappa shape index (κ1) is 11.4. The number of carbonyl (C=O) groups is 1. The lowest BCUT2D eigenvalue weighted by atomic mass is 10.2. The van der Waals surface area contributed by atoms with Crippen LogP contribution in [-0.4, -0.2) is 16.1 Å². The zero-order valence-corrected chi connectivity index (χ0v) is 8.66. The molecule has 0 unspecified atom stereocenters. The molecule has 1 amide bonds. The highest BCUT2D eigenvalue weighted by Crippen LogP contribution is 2.23. The van der Waals surface area contributed by atoms with Gasteiger partial charge in [-0.2, -0.15) is 0 Å². The Hall–Kier alpha value is -1.71. The number of hydrogen-bond donors (Lipinski definition) is 3. The van der Waals surface area contributed by atoms with Crippen molar-refractivity contribution in [3.63, 3.8) is 0 Å². The van der Waals surface area contributed by atoms with Crippen LogP contribution < -0.4 is 5.32 Å². The first-order valence-corrected chi connectivity index (χ1v) is 4.94. The third-order valence-corrected chi connectivity index (χ3v) is 1.94. The quantitative estimate of drug-likeness (QED) is 0.712. The van der Waals surface area contributed by atoms with Gasteiger partial charge in [0.15, 0.2) is 0 Å². The van der Waals surface area contributed by atoms with Crippen molar-refractivity contribution < 1.29 is 15.0 Å². The topological polar surface area (TPSA) is 69.6 Å². The molecule has 0 saturated carbocycles. The van der Waals surface area contributed by atoms with Crippen LogP contribution in [0.4, 0.5) is 5.69 Å². The van der Waals surface area contributed by atoms with E-state index < -0.39 is 0 Å². The van der Waals surface area contributed by atoms with Crippen molar-refractivity contribution in [2.75, 3.05) is 5.32 Å². The van der Waals surface area contributed by atoms with Gasteiger partial charge in [-0.25, -0.2) is 0 Å². The molecule has 0 spiro atoms. The maximum absolute atomic E-state index is 11.3. The molecule has 0 bridgehead atoms. The van der Waals surface area contributed by atoms with E-state index in [2.05, 4.69) is 5.32 Å². The molecule has 15 heavy (non-hydrogen) atoms. The molecule has 82 valence electrons. The van der Waals surface area contributed by atoms with Gasteiger partial charge in [-0.15, -0.1) is 0 Å². The number of rotatable bonds is 4. The Labute approximate surface area is 88.6 Å². The zero-order valence-electron chi connectivity index (χ0n) is 8.66. The first-order valence-electron chi connectivity index (χ1n) is 4.94. The molecule has 0 aromatic heterocycles. The predicted octanol–water partition coefficient (Wildman–Crippen LogP) is 2.23. The fourth-order valence-corrected chi connectivity index (χ4v) is 1.23. The molecule has 1 rings (SSSR count). The number of aromatic hydroxyl groups is 2. The lowest BCUT2D eigenvalue weighted by molar-refractivity contribution is -0.116. The molecule has 0 aliphatic carbocycles. The van der Waals surface area contributed by atoms with E-state index in [1.807, 2.05) is 6.92 Å². The molecule has 0 aliphatic rings. The third-order valence-electron chi connectivity index (χ3n) is 1.94. The summed E-state index contributed by atoms with van der Waals surface area (Å²) in [6, 6.07) is 3.99. The summed E-state index contributed by atoms with van der Waals surface area (Å²) in [4.78, 5) is 11.3. The van der Waals surface area contributed by atoms with Crippen molar-refractivity contribution in [3.8, 4) is 11.5 Å². The number of benzene rings is 1. The van der Waals surface area contributed by atoms with Crippen molar-refractivity contribution >= 4 is 11.6 Å². The summed E-state index contributed by atoms with van der Waals surface area (Å²) in [6.45, 7) is 2.01. The largest absolute Gasteiger partial charge is 0.508 e. The van der Waals surface area contributed by atoms with E-state index >= 15 is 0 Å². The highest BCUT2D eigenvalue weighted by molar-refractivity contribution is 5.91. The molecular formula is C11H15NO3. The number of carbonyl (C=O) groups excluding carboxylic acids is 1. The minimum absolute atomic E-state index is 0.0687. The second-order valence-corrected chi connectivity index (χ2v) is 3.39. The van der Waals surface area contributed by atoms with E-state index in [4.69, 9.17) is 0 Å². The number of phenolic OH excluding ortho intramolecular Hbond substituents is 2. The Balaban J connectivity index is 2.60. The minimum atomic E-state index is -0.109. The average Bonchev–Trinajstić information content (AvgIpc) is 2.13. The molecule has 0 heterocycles. The summed E-state index contributed by atoms with van der Waals surface area (Å²) in [5, 5.41) is 20.9. The molecule has 0 atom stereocenters. The second-order valence-electron chi connectivity index (χ2n) is 3.39. The highest BCUT2D eigenvalue weighted by atomic mass is 16.3. The predicted molar refractivity (Wildman–Crippen MR) is 57.9 cm³/mol. The van der Waals surface area contributed by atoms with Crippen LogP contribution in [0.2, 0.25) is 0 Å². The Morgan fingerprint density at radius 2 is 1.87 bits per heavy atom. The van der Waals surface area contributed by atoms with Gasteiger partial charge in [0.2, 0.25) is 5.91 Å². The van der Waals surface area contributed by atoms with Crippen LogP contribution in [0, 0.1) is 0 Å². The Morgan fingerprint density at radius 1 is 1.27 bits per heavy atom. The Morgan fingerprint density at radius 3 is 2.40 bits per heavy atom. The van der Waals surface area contributed by atoms with Crippen LogP contribution >= 0.6 is 0 Å². The lowest BCUT2D eigenvalue weighted by Gasteiger charge is -2.05. The van der Waals surface area contributed by atoms with Gasteiger partial charge in [-0.1, -0.05) is 13.3 Å². The summed E-state index contributed by atoms with van der Waals surface area (Å²) in [7, 11) is 0. The number of anilines is 1. The molecule has 0 fully saturated rings. The molecule has 4 nitrogen and oxygen atoms in total. The molecule has 0 aliphatic heterocycles. The van der Waals surface area contributed by atoms with Gasteiger partial charge in [-0.3, -0.25) is 4.79 Å². The van der Waals surface area contributed by atoms with E-state index in [-0.39, 0.29) is 17.4 Å². The summed E-state index contributed by atoms with van der Waals surface area (Å²) in [5.41, 5.74) is 0.411. The fourth-order valence-electron chi connectivity index (χ4n) is 1.23. The van der Waals surface area contributed by atoms with Crippen LogP contribution in [0.3, 0.4) is 0 Å². The van der Waals surface area contributed by atoms with Gasteiger partial charge in [0.05, 0.1) is 0 Å². The van der Waals surface area contributed by atoms with E-state index in [0.717, 1.165) is 12.8 Å². The van der Waals surface area contributed by atoms with Crippen LogP contribution in [-0.2, 0) is 4.79 Å². The summed E-state index contributed by atoms with van der Waals surface area (Å²) in [6.07, 6.45) is 2.24. The number of nitrogens with one attached hydrogen (secondary N) is 1. The lowest BCUT2D eigenvalue weighted by Crippen LogP contribution is -2.10. The monoisotopic (exact) mass is 209 g/mol. The molecule has 0 radical (unpaired) electrons. The maximum atomic E-state index is 11.3. The van der Waals surface area contributed by atoms with Crippen LogP contribution in [0.15, 0.2) is 18.2 Å². The van der Waals surface area contributed by atoms with E-state index in [9.17, 15) is 15.0 Å². The van der Waals surface area contributed by atoms with E-state index in [0.29, 0.717) is 12.1 Å². The van der Waals surface area contributed by atoms with E-state index in [1.54, 1.807) is 0 Å². The molecule has 4 heteroatoms.